The van der Waals surface area contributed by atoms with Gasteiger partial charge in [0.2, 0.25) is 0 Å². The summed E-state index contributed by atoms with van der Waals surface area (Å²) in [4.78, 5) is 0.882. The van der Waals surface area contributed by atoms with E-state index in [1.807, 2.05) is 49.4 Å². The van der Waals surface area contributed by atoms with Gasteiger partial charge < -0.3 is 9.47 Å². The predicted molar refractivity (Wildman–Crippen MR) is 96.4 cm³/mol. The Bertz CT molecular complexity index is 654. The summed E-state index contributed by atoms with van der Waals surface area (Å²) in [6, 6.07) is 18.0. The second kappa shape index (κ2) is 8.56. The number of ether oxygens (including phenoxy) is 2. The fourth-order valence-electron chi connectivity index (χ4n) is 2.86. The molecule has 0 aromatic heterocycles. The molecule has 0 unspecified atom stereocenters. The Labute approximate surface area is 146 Å². The van der Waals surface area contributed by atoms with E-state index in [1.165, 1.54) is 11.1 Å². The van der Waals surface area contributed by atoms with Gasteiger partial charge in [0.05, 0.1) is 42.0 Å². The standard InChI is InChI=1S/C20H24O3S/c1-16-7-11-20(12-8-16)24(21)15-19-10-9-18(23-19)14-22-13-17-5-3-2-4-6-17/h2-8,11-12,18-19H,9-10,13-15H2,1H3/t18-,19+,24+/m1/s1. The molecule has 0 aliphatic carbocycles. The van der Waals surface area contributed by atoms with Crippen molar-refractivity contribution in [2.24, 2.45) is 0 Å². The molecule has 1 aliphatic rings. The molecular formula is C20H24O3S. The van der Waals surface area contributed by atoms with Crippen molar-refractivity contribution in [2.45, 2.75) is 43.5 Å². The van der Waals surface area contributed by atoms with Crippen molar-refractivity contribution < 1.29 is 13.7 Å². The van der Waals surface area contributed by atoms with Crippen LogP contribution in [0.5, 0.6) is 0 Å². The normalized spacial score (nSPS) is 21.7. The van der Waals surface area contributed by atoms with Gasteiger partial charge in [-0.1, -0.05) is 48.0 Å². The van der Waals surface area contributed by atoms with Gasteiger partial charge in [-0.3, -0.25) is 4.21 Å². The molecule has 2 aromatic carbocycles. The fourth-order valence-corrected chi connectivity index (χ4v) is 4.08. The lowest BCUT2D eigenvalue weighted by molar-refractivity contribution is -0.0131. The summed E-state index contributed by atoms with van der Waals surface area (Å²) >= 11 is 0. The van der Waals surface area contributed by atoms with Crippen LogP contribution in [0.2, 0.25) is 0 Å². The molecule has 24 heavy (non-hydrogen) atoms. The number of rotatable bonds is 7. The van der Waals surface area contributed by atoms with Gasteiger partial charge in [0.1, 0.15) is 0 Å². The molecule has 0 saturated carbocycles. The van der Waals surface area contributed by atoms with E-state index in [4.69, 9.17) is 9.47 Å². The van der Waals surface area contributed by atoms with E-state index in [-0.39, 0.29) is 12.2 Å². The highest BCUT2D eigenvalue weighted by Crippen LogP contribution is 2.22. The first-order valence-electron chi connectivity index (χ1n) is 8.43. The molecule has 0 amide bonds. The summed E-state index contributed by atoms with van der Waals surface area (Å²) in [5.74, 6) is 0.568. The van der Waals surface area contributed by atoms with E-state index in [0.29, 0.717) is 19.0 Å². The first-order chi connectivity index (χ1) is 11.7. The van der Waals surface area contributed by atoms with Gasteiger partial charge >= 0.3 is 0 Å². The quantitative estimate of drug-likeness (QED) is 0.765. The van der Waals surface area contributed by atoms with Gasteiger partial charge in [-0.05, 0) is 37.5 Å². The number of benzene rings is 2. The van der Waals surface area contributed by atoms with E-state index in [9.17, 15) is 4.21 Å². The summed E-state index contributed by atoms with van der Waals surface area (Å²) in [6.07, 6.45) is 2.12. The topological polar surface area (TPSA) is 35.5 Å². The minimum atomic E-state index is -0.998. The van der Waals surface area contributed by atoms with E-state index in [1.54, 1.807) is 0 Å². The lowest BCUT2D eigenvalue weighted by atomic mass is 10.2. The van der Waals surface area contributed by atoms with Crippen LogP contribution in [-0.4, -0.2) is 28.8 Å². The lowest BCUT2D eigenvalue weighted by Gasteiger charge is -2.14. The maximum Gasteiger partial charge on any atom is 0.0813 e. The molecule has 0 spiro atoms. The second-order valence-electron chi connectivity index (χ2n) is 6.28. The van der Waals surface area contributed by atoms with Gasteiger partial charge in [-0.15, -0.1) is 0 Å². The van der Waals surface area contributed by atoms with Crippen LogP contribution in [0.15, 0.2) is 59.5 Å². The van der Waals surface area contributed by atoms with Crippen LogP contribution < -0.4 is 0 Å². The van der Waals surface area contributed by atoms with Crippen molar-refractivity contribution in [1.82, 2.24) is 0 Å². The third-order valence-electron chi connectivity index (χ3n) is 4.23. The van der Waals surface area contributed by atoms with E-state index in [0.717, 1.165) is 17.7 Å². The zero-order valence-electron chi connectivity index (χ0n) is 14.0. The maximum atomic E-state index is 12.4. The van der Waals surface area contributed by atoms with Gasteiger partial charge in [0, 0.05) is 4.90 Å². The Hall–Kier alpha value is -1.49. The summed E-state index contributed by atoms with van der Waals surface area (Å²) in [5, 5.41) is 0. The van der Waals surface area contributed by atoms with Crippen molar-refractivity contribution in [3.63, 3.8) is 0 Å². The number of hydrogen-bond donors (Lipinski definition) is 0. The summed E-state index contributed by atoms with van der Waals surface area (Å²) < 4.78 is 24.2. The Balaban J connectivity index is 1.40. The minimum Gasteiger partial charge on any atom is -0.374 e. The second-order valence-corrected chi connectivity index (χ2v) is 7.78. The monoisotopic (exact) mass is 344 g/mol. The lowest BCUT2D eigenvalue weighted by Crippen LogP contribution is -2.21. The zero-order valence-corrected chi connectivity index (χ0v) is 14.8. The Morgan fingerprint density at radius 2 is 1.75 bits per heavy atom. The number of hydrogen-bond acceptors (Lipinski definition) is 3. The molecule has 1 aliphatic heterocycles. The Morgan fingerprint density at radius 1 is 1.04 bits per heavy atom. The predicted octanol–water partition coefficient (Wildman–Crippen LogP) is 3.87. The Morgan fingerprint density at radius 3 is 2.50 bits per heavy atom. The molecule has 3 rings (SSSR count). The van der Waals surface area contributed by atoms with Crippen LogP contribution in [0.25, 0.3) is 0 Å². The van der Waals surface area contributed by atoms with E-state index < -0.39 is 10.8 Å². The molecule has 0 N–H and O–H groups in total. The molecule has 3 atom stereocenters. The smallest absolute Gasteiger partial charge is 0.0813 e. The summed E-state index contributed by atoms with van der Waals surface area (Å²) in [6.45, 7) is 3.25. The molecule has 1 heterocycles. The average Bonchev–Trinajstić information content (AvgIpc) is 3.04. The summed E-state index contributed by atoms with van der Waals surface area (Å²) in [7, 11) is -0.998. The van der Waals surface area contributed by atoms with Crippen LogP contribution in [0.3, 0.4) is 0 Å². The summed E-state index contributed by atoms with van der Waals surface area (Å²) in [5.41, 5.74) is 2.36. The molecule has 3 nitrogen and oxygen atoms in total. The van der Waals surface area contributed by atoms with Crippen LogP contribution in [0.4, 0.5) is 0 Å². The van der Waals surface area contributed by atoms with Crippen LogP contribution >= 0.6 is 0 Å². The van der Waals surface area contributed by atoms with E-state index >= 15 is 0 Å². The Kier molecular flexibility index (Phi) is 6.18. The van der Waals surface area contributed by atoms with E-state index in [2.05, 4.69) is 12.1 Å². The van der Waals surface area contributed by atoms with Crippen molar-refractivity contribution in [2.75, 3.05) is 12.4 Å². The van der Waals surface area contributed by atoms with Crippen molar-refractivity contribution >= 4 is 10.8 Å². The molecule has 1 fully saturated rings. The molecule has 0 bridgehead atoms. The molecule has 0 radical (unpaired) electrons. The van der Waals surface area contributed by atoms with Crippen LogP contribution in [0.1, 0.15) is 24.0 Å². The number of aryl methyl sites for hydroxylation is 1. The van der Waals surface area contributed by atoms with Gasteiger partial charge in [-0.2, -0.15) is 0 Å². The van der Waals surface area contributed by atoms with Crippen LogP contribution in [0, 0.1) is 6.92 Å². The van der Waals surface area contributed by atoms with Crippen molar-refractivity contribution in [1.29, 1.82) is 0 Å². The molecule has 128 valence electrons. The highest BCUT2D eigenvalue weighted by atomic mass is 32.2. The molecule has 1 saturated heterocycles. The highest BCUT2D eigenvalue weighted by Gasteiger charge is 2.27. The SMILES string of the molecule is Cc1ccc([S@@](=O)C[C@@H]2CC[C@H](COCc3ccccc3)O2)cc1. The highest BCUT2D eigenvalue weighted by molar-refractivity contribution is 7.85. The van der Waals surface area contributed by atoms with Gasteiger partial charge in [-0.25, -0.2) is 0 Å². The van der Waals surface area contributed by atoms with Crippen molar-refractivity contribution in [3.05, 3.63) is 65.7 Å². The first kappa shape index (κ1) is 17.3. The third-order valence-corrected chi connectivity index (χ3v) is 5.70. The third kappa shape index (κ3) is 5.00. The zero-order chi connectivity index (χ0) is 16.8. The molecule has 4 heteroatoms. The maximum absolute atomic E-state index is 12.4. The van der Waals surface area contributed by atoms with Gasteiger partial charge in [0.25, 0.3) is 0 Å². The minimum absolute atomic E-state index is 0.0671. The first-order valence-corrected chi connectivity index (χ1v) is 9.75. The molecular weight excluding hydrogens is 320 g/mol. The fraction of sp³-hybridized carbons (Fsp3) is 0.400. The van der Waals surface area contributed by atoms with Crippen molar-refractivity contribution in [3.8, 4) is 0 Å². The van der Waals surface area contributed by atoms with Crippen LogP contribution in [-0.2, 0) is 26.9 Å². The molecule has 2 aromatic rings. The average molecular weight is 344 g/mol. The van der Waals surface area contributed by atoms with Gasteiger partial charge in [0.15, 0.2) is 0 Å². The largest absolute Gasteiger partial charge is 0.374 e.